The third-order valence-electron chi connectivity index (χ3n) is 3.15. The Bertz CT molecular complexity index is 500. The number of H-pyrrole nitrogens is 1. The minimum atomic E-state index is 0.526. The normalized spacial score (nSPS) is 20.4. The van der Waals surface area contributed by atoms with Crippen LogP contribution >= 0.6 is 0 Å². The van der Waals surface area contributed by atoms with Crippen LogP contribution in [0.2, 0.25) is 0 Å². The number of benzene rings is 1. The molecule has 1 atom stereocenters. The second kappa shape index (κ2) is 3.79. The number of rotatable bonds is 2. The fourth-order valence-corrected chi connectivity index (χ4v) is 2.22. The summed E-state index contributed by atoms with van der Waals surface area (Å²) >= 11 is 0. The maximum atomic E-state index is 5.20. The van der Waals surface area contributed by atoms with Crippen LogP contribution in [0.15, 0.2) is 18.2 Å². The molecule has 84 valence electrons. The number of methoxy groups -OCH3 is 1. The standard InChI is InChI=1S/C12H15N3O/c1-16-9-2-3-10-11(6-9)15-12(14-10)8-4-5-13-7-8/h2-3,6,8,13H,4-5,7H2,1H3,(H,14,15)/t8-/m1/s1. The summed E-state index contributed by atoms with van der Waals surface area (Å²) < 4.78 is 5.20. The van der Waals surface area contributed by atoms with Gasteiger partial charge in [0.15, 0.2) is 0 Å². The molecule has 0 amide bonds. The van der Waals surface area contributed by atoms with Crippen LogP contribution in [0.5, 0.6) is 5.75 Å². The van der Waals surface area contributed by atoms with E-state index >= 15 is 0 Å². The molecule has 1 aliphatic rings. The Balaban J connectivity index is 2.01. The lowest BCUT2D eigenvalue weighted by molar-refractivity contribution is 0.415. The second-order valence-corrected chi connectivity index (χ2v) is 4.19. The van der Waals surface area contributed by atoms with Gasteiger partial charge in [0.05, 0.1) is 18.1 Å². The van der Waals surface area contributed by atoms with E-state index < -0.39 is 0 Å². The van der Waals surface area contributed by atoms with E-state index in [1.165, 1.54) is 0 Å². The molecule has 1 aromatic heterocycles. The first kappa shape index (κ1) is 9.66. The SMILES string of the molecule is COc1ccc2nc([C@@H]3CCNC3)[nH]c2c1. The summed E-state index contributed by atoms with van der Waals surface area (Å²) in [6, 6.07) is 5.94. The van der Waals surface area contributed by atoms with Gasteiger partial charge in [-0.25, -0.2) is 4.98 Å². The van der Waals surface area contributed by atoms with Crippen molar-refractivity contribution in [3.63, 3.8) is 0 Å². The first-order chi connectivity index (χ1) is 7.86. The number of nitrogens with zero attached hydrogens (tertiary/aromatic N) is 1. The van der Waals surface area contributed by atoms with Crippen LogP contribution in [-0.4, -0.2) is 30.2 Å². The van der Waals surface area contributed by atoms with E-state index in [2.05, 4.69) is 15.3 Å². The Labute approximate surface area is 94.0 Å². The van der Waals surface area contributed by atoms with Gasteiger partial charge in [-0.2, -0.15) is 0 Å². The fraction of sp³-hybridized carbons (Fsp3) is 0.417. The van der Waals surface area contributed by atoms with Crippen molar-refractivity contribution < 1.29 is 4.74 Å². The molecule has 0 saturated carbocycles. The van der Waals surface area contributed by atoms with Crippen molar-refractivity contribution in [2.75, 3.05) is 20.2 Å². The van der Waals surface area contributed by atoms with Crippen LogP contribution in [0.3, 0.4) is 0 Å². The van der Waals surface area contributed by atoms with Crippen LogP contribution in [0, 0.1) is 0 Å². The number of aromatic nitrogens is 2. The van der Waals surface area contributed by atoms with Gasteiger partial charge in [-0.05, 0) is 25.1 Å². The fourth-order valence-electron chi connectivity index (χ4n) is 2.22. The van der Waals surface area contributed by atoms with Crippen LogP contribution < -0.4 is 10.1 Å². The smallest absolute Gasteiger partial charge is 0.121 e. The number of ether oxygens (including phenoxy) is 1. The van der Waals surface area contributed by atoms with Gasteiger partial charge >= 0.3 is 0 Å². The van der Waals surface area contributed by atoms with E-state index in [0.29, 0.717) is 5.92 Å². The van der Waals surface area contributed by atoms with E-state index in [0.717, 1.165) is 42.1 Å². The van der Waals surface area contributed by atoms with Crippen LogP contribution in [0.25, 0.3) is 11.0 Å². The van der Waals surface area contributed by atoms with Gasteiger partial charge in [0.2, 0.25) is 0 Å². The molecule has 2 N–H and O–H groups in total. The summed E-state index contributed by atoms with van der Waals surface area (Å²) in [5.41, 5.74) is 2.07. The van der Waals surface area contributed by atoms with Gasteiger partial charge in [0, 0.05) is 18.5 Å². The molecule has 0 unspecified atom stereocenters. The molecule has 1 fully saturated rings. The van der Waals surface area contributed by atoms with Gasteiger partial charge in [0.25, 0.3) is 0 Å². The highest BCUT2D eigenvalue weighted by atomic mass is 16.5. The largest absolute Gasteiger partial charge is 0.497 e. The molecule has 2 heterocycles. The molecule has 1 saturated heterocycles. The highest BCUT2D eigenvalue weighted by molar-refractivity contribution is 5.76. The third-order valence-corrected chi connectivity index (χ3v) is 3.15. The lowest BCUT2D eigenvalue weighted by Crippen LogP contribution is -2.08. The summed E-state index contributed by atoms with van der Waals surface area (Å²) in [6.45, 7) is 2.11. The van der Waals surface area contributed by atoms with Crippen molar-refractivity contribution >= 4 is 11.0 Å². The minimum absolute atomic E-state index is 0.526. The topological polar surface area (TPSA) is 49.9 Å². The zero-order valence-corrected chi connectivity index (χ0v) is 9.29. The lowest BCUT2D eigenvalue weighted by atomic mass is 10.1. The Morgan fingerprint density at radius 2 is 2.38 bits per heavy atom. The molecule has 3 rings (SSSR count). The molecule has 4 heteroatoms. The van der Waals surface area contributed by atoms with E-state index in [1.807, 2.05) is 18.2 Å². The van der Waals surface area contributed by atoms with Gasteiger partial charge in [-0.15, -0.1) is 0 Å². The van der Waals surface area contributed by atoms with Gasteiger partial charge < -0.3 is 15.0 Å². The van der Waals surface area contributed by atoms with Crippen molar-refractivity contribution in [2.24, 2.45) is 0 Å². The van der Waals surface area contributed by atoms with Crippen molar-refractivity contribution in [3.8, 4) is 5.75 Å². The zero-order chi connectivity index (χ0) is 11.0. The summed E-state index contributed by atoms with van der Waals surface area (Å²) in [6.07, 6.45) is 1.16. The Morgan fingerprint density at radius 3 is 3.12 bits per heavy atom. The van der Waals surface area contributed by atoms with E-state index in [-0.39, 0.29) is 0 Å². The Kier molecular flexibility index (Phi) is 2.29. The first-order valence-electron chi connectivity index (χ1n) is 5.61. The molecular weight excluding hydrogens is 202 g/mol. The molecule has 1 aromatic carbocycles. The Morgan fingerprint density at radius 1 is 1.44 bits per heavy atom. The van der Waals surface area contributed by atoms with Gasteiger partial charge in [-0.1, -0.05) is 0 Å². The third kappa shape index (κ3) is 1.55. The van der Waals surface area contributed by atoms with Crippen LogP contribution in [-0.2, 0) is 0 Å². The van der Waals surface area contributed by atoms with Crippen LogP contribution in [0.1, 0.15) is 18.2 Å². The number of fused-ring (bicyclic) bond motifs is 1. The van der Waals surface area contributed by atoms with Crippen molar-refractivity contribution in [2.45, 2.75) is 12.3 Å². The molecule has 0 bridgehead atoms. The first-order valence-corrected chi connectivity index (χ1v) is 5.61. The Hall–Kier alpha value is -1.55. The molecule has 16 heavy (non-hydrogen) atoms. The van der Waals surface area contributed by atoms with Crippen molar-refractivity contribution in [1.29, 1.82) is 0 Å². The monoisotopic (exact) mass is 217 g/mol. The summed E-state index contributed by atoms with van der Waals surface area (Å²) in [5, 5.41) is 3.35. The summed E-state index contributed by atoms with van der Waals surface area (Å²) in [7, 11) is 1.68. The molecule has 4 nitrogen and oxygen atoms in total. The summed E-state index contributed by atoms with van der Waals surface area (Å²) in [5.74, 6) is 2.49. The van der Waals surface area contributed by atoms with Gasteiger partial charge in [0.1, 0.15) is 11.6 Å². The average Bonchev–Trinajstić information content (AvgIpc) is 2.96. The van der Waals surface area contributed by atoms with E-state index in [9.17, 15) is 0 Å². The molecule has 2 aromatic rings. The van der Waals surface area contributed by atoms with Crippen molar-refractivity contribution in [1.82, 2.24) is 15.3 Å². The predicted molar refractivity (Wildman–Crippen MR) is 62.9 cm³/mol. The second-order valence-electron chi connectivity index (χ2n) is 4.19. The lowest BCUT2D eigenvalue weighted by Gasteiger charge is -2.01. The number of aromatic amines is 1. The van der Waals surface area contributed by atoms with E-state index in [4.69, 9.17) is 4.74 Å². The van der Waals surface area contributed by atoms with Crippen molar-refractivity contribution in [3.05, 3.63) is 24.0 Å². The van der Waals surface area contributed by atoms with Crippen LogP contribution in [0.4, 0.5) is 0 Å². The molecule has 1 aliphatic heterocycles. The molecular formula is C12H15N3O. The highest BCUT2D eigenvalue weighted by Crippen LogP contribution is 2.24. The zero-order valence-electron chi connectivity index (χ0n) is 9.29. The number of hydrogen-bond acceptors (Lipinski definition) is 3. The molecule has 0 radical (unpaired) electrons. The quantitative estimate of drug-likeness (QED) is 0.804. The summed E-state index contributed by atoms with van der Waals surface area (Å²) in [4.78, 5) is 8.00. The number of hydrogen-bond donors (Lipinski definition) is 2. The molecule has 0 aliphatic carbocycles. The average molecular weight is 217 g/mol. The van der Waals surface area contributed by atoms with E-state index in [1.54, 1.807) is 7.11 Å². The number of imidazole rings is 1. The maximum Gasteiger partial charge on any atom is 0.121 e. The van der Waals surface area contributed by atoms with Gasteiger partial charge in [-0.3, -0.25) is 0 Å². The predicted octanol–water partition coefficient (Wildman–Crippen LogP) is 1.65. The number of nitrogens with one attached hydrogen (secondary N) is 2. The highest BCUT2D eigenvalue weighted by Gasteiger charge is 2.19. The maximum absolute atomic E-state index is 5.20. The molecule has 0 spiro atoms. The minimum Gasteiger partial charge on any atom is -0.497 e.